The van der Waals surface area contributed by atoms with Gasteiger partial charge in [0.05, 0.1) is 16.5 Å². The number of carbonyl (C=O) groups is 1. The standard InChI is InChI=1S/C18H17N3O2S2/c1-10-16(25-11(2)19-10)17-20-21-18(23-17)24-9-15(22)14-7-6-12-4-3-5-13(12)8-14/h6-8H,3-5,9H2,1-2H3. The molecule has 0 atom stereocenters. The summed E-state index contributed by atoms with van der Waals surface area (Å²) in [4.78, 5) is 17.7. The van der Waals surface area contributed by atoms with E-state index in [1.807, 2.05) is 26.0 Å². The molecule has 2 aromatic heterocycles. The molecule has 3 aromatic rings. The molecule has 0 spiro atoms. The van der Waals surface area contributed by atoms with Crippen LogP contribution in [0.15, 0.2) is 27.8 Å². The number of nitrogens with zero attached hydrogens (tertiary/aromatic N) is 3. The molecule has 0 bridgehead atoms. The Bertz CT molecular complexity index is 946. The molecular formula is C18H17N3O2S2. The zero-order chi connectivity index (χ0) is 17.4. The maximum Gasteiger partial charge on any atom is 0.277 e. The summed E-state index contributed by atoms with van der Waals surface area (Å²) >= 11 is 2.81. The largest absolute Gasteiger partial charge is 0.410 e. The van der Waals surface area contributed by atoms with Crippen LogP contribution in [-0.4, -0.2) is 26.7 Å². The summed E-state index contributed by atoms with van der Waals surface area (Å²) < 4.78 is 5.68. The second-order valence-corrected chi connectivity index (χ2v) is 8.20. The van der Waals surface area contributed by atoms with Crippen molar-refractivity contribution >= 4 is 28.9 Å². The first-order valence-electron chi connectivity index (χ1n) is 8.16. The van der Waals surface area contributed by atoms with Gasteiger partial charge in [-0.25, -0.2) is 4.98 Å². The van der Waals surface area contributed by atoms with Crippen molar-refractivity contribution in [2.24, 2.45) is 0 Å². The number of rotatable bonds is 5. The van der Waals surface area contributed by atoms with Crippen molar-refractivity contribution in [3.8, 4) is 10.8 Å². The molecule has 0 N–H and O–H groups in total. The Morgan fingerprint density at radius 1 is 1.24 bits per heavy atom. The fourth-order valence-corrected chi connectivity index (χ4v) is 4.54. The second kappa shape index (κ2) is 6.72. The van der Waals surface area contributed by atoms with Gasteiger partial charge in [0.15, 0.2) is 5.78 Å². The molecule has 0 amide bonds. The lowest BCUT2D eigenvalue weighted by Gasteiger charge is -2.03. The minimum Gasteiger partial charge on any atom is -0.410 e. The molecule has 0 saturated heterocycles. The number of hydrogen-bond acceptors (Lipinski definition) is 7. The maximum absolute atomic E-state index is 12.4. The highest BCUT2D eigenvalue weighted by Crippen LogP contribution is 2.31. The van der Waals surface area contributed by atoms with Gasteiger partial charge in [0.1, 0.15) is 4.88 Å². The van der Waals surface area contributed by atoms with Crippen LogP contribution in [0, 0.1) is 13.8 Å². The van der Waals surface area contributed by atoms with Crippen LogP contribution < -0.4 is 0 Å². The lowest BCUT2D eigenvalue weighted by Crippen LogP contribution is -2.03. The Morgan fingerprint density at radius 3 is 2.88 bits per heavy atom. The number of thiazole rings is 1. The third-order valence-corrected chi connectivity index (χ3v) is 6.13. The number of Topliss-reactive ketones (excluding diaryl/α,β-unsaturated/α-hetero) is 1. The summed E-state index contributed by atoms with van der Waals surface area (Å²) in [5.41, 5.74) is 4.34. The predicted molar refractivity (Wildman–Crippen MR) is 98.4 cm³/mol. The van der Waals surface area contributed by atoms with E-state index in [1.165, 1.54) is 40.6 Å². The molecule has 25 heavy (non-hydrogen) atoms. The van der Waals surface area contributed by atoms with Crippen molar-refractivity contribution in [1.82, 2.24) is 15.2 Å². The average molecular weight is 371 g/mol. The van der Waals surface area contributed by atoms with Crippen LogP contribution in [0.1, 0.15) is 38.6 Å². The summed E-state index contributed by atoms with van der Waals surface area (Å²) in [6, 6.07) is 6.05. The smallest absolute Gasteiger partial charge is 0.277 e. The highest BCUT2D eigenvalue weighted by atomic mass is 32.2. The first-order valence-corrected chi connectivity index (χ1v) is 9.96. The molecule has 0 radical (unpaired) electrons. The van der Waals surface area contributed by atoms with E-state index in [4.69, 9.17) is 4.42 Å². The van der Waals surface area contributed by atoms with Crippen LogP contribution in [0.4, 0.5) is 0 Å². The number of thioether (sulfide) groups is 1. The normalized spacial score (nSPS) is 13.2. The molecular weight excluding hydrogens is 354 g/mol. The van der Waals surface area contributed by atoms with Gasteiger partial charge < -0.3 is 4.42 Å². The number of fused-ring (bicyclic) bond motifs is 1. The van der Waals surface area contributed by atoms with E-state index in [2.05, 4.69) is 21.2 Å². The van der Waals surface area contributed by atoms with Crippen LogP contribution >= 0.6 is 23.1 Å². The van der Waals surface area contributed by atoms with E-state index in [-0.39, 0.29) is 5.78 Å². The van der Waals surface area contributed by atoms with E-state index in [0.29, 0.717) is 16.9 Å². The number of aromatic nitrogens is 3. The third-order valence-electron chi connectivity index (χ3n) is 4.25. The van der Waals surface area contributed by atoms with Gasteiger partial charge in [0.25, 0.3) is 11.1 Å². The van der Waals surface area contributed by atoms with E-state index >= 15 is 0 Å². The van der Waals surface area contributed by atoms with Crippen molar-refractivity contribution in [2.45, 2.75) is 38.3 Å². The summed E-state index contributed by atoms with van der Waals surface area (Å²) in [5.74, 6) is 0.848. The summed E-state index contributed by atoms with van der Waals surface area (Å²) in [6.07, 6.45) is 3.38. The molecule has 4 rings (SSSR count). The lowest BCUT2D eigenvalue weighted by atomic mass is 10.0. The second-order valence-electron chi connectivity index (χ2n) is 6.07. The molecule has 1 aliphatic carbocycles. The van der Waals surface area contributed by atoms with E-state index in [1.54, 1.807) is 0 Å². The first-order chi connectivity index (χ1) is 12.1. The zero-order valence-electron chi connectivity index (χ0n) is 14.0. The summed E-state index contributed by atoms with van der Waals surface area (Å²) in [6.45, 7) is 3.87. The molecule has 128 valence electrons. The maximum atomic E-state index is 12.4. The molecule has 1 aromatic carbocycles. The highest BCUT2D eigenvalue weighted by molar-refractivity contribution is 7.99. The van der Waals surface area contributed by atoms with Gasteiger partial charge in [0.2, 0.25) is 0 Å². The highest BCUT2D eigenvalue weighted by Gasteiger charge is 2.17. The van der Waals surface area contributed by atoms with Crippen molar-refractivity contribution in [3.63, 3.8) is 0 Å². The number of aryl methyl sites for hydroxylation is 4. The van der Waals surface area contributed by atoms with Crippen molar-refractivity contribution in [2.75, 3.05) is 5.75 Å². The molecule has 0 saturated carbocycles. The van der Waals surface area contributed by atoms with Gasteiger partial charge in [-0.05, 0) is 50.3 Å². The van der Waals surface area contributed by atoms with Gasteiger partial charge in [-0.15, -0.1) is 21.5 Å². The Balaban J connectivity index is 1.43. The van der Waals surface area contributed by atoms with Gasteiger partial charge in [-0.1, -0.05) is 23.9 Å². The van der Waals surface area contributed by atoms with Crippen LogP contribution in [0.5, 0.6) is 0 Å². The fourth-order valence-electron chi connectivity index (χ4n) is 3.05. The summed E-state index contributed by atoms with van der Waals surface area (Å²) in [7, 11) is 0. The van der Waals surface area contributed by atoms with Crippen molar-refractivity contribution in [1.29, 1.82) is 0 Å². The molecule has 5 nitrogen and oxygen atoms in total. The zero-order valence-corrected chi connectivity index (χ0v) is 15.7. The topological polar surface area (TPSA) is 68.9 Å². The Labute approximate surface area is 153 Å². The summed E-state index contributed by atoms with van der Waals surface area (Å²) in [5, 5.41) is 9.50. The monoisotopic (exact) mass is 371 g/mol. The Hall–Kier alpha value is -1.99. The van der Waals surface area contributed by atoms with Crippen molar-refractivity contribution in [3.05, 3.63) is 45.6 Å². The molecule has 2 heterocycles. The van der Waals surface area contributed by atoms with Gasteiger partial charge in [-0.3, -0.25) is 4.79 Å². The van der Waals surface area contributed by atoms with Crippen LogP contribution in [0.3, 0.4) is 0 Å². The lowest BCUT2D eigenvalue weighted by molar-refractivity contribution is 0.102. The SMILES string of the molecule is Cc1nc(C)c(-c2nnc(SCC(=O)c3ccc4c(c3)CCC4)o2)s1. The molecule has 0 aliphatic heterocycles. The van der Waals surface area contributed by atoms with Crippen LogP contribution in [-0.2, 0) is 12.8 Å². The molecule has 0 fully saturated rings. The number of hydrogen-bond donors (Lipinski definition) is 0. The third kappa shape index (κ3) is 3.39. The fraction of sp³-hybridized carbons (Fsp3) is 0.333. The predicted octanol–water partition coefficient (Wildman–Crippen LogP) is 4.27. The van der Waals surface area contributed by atoms with E-state index in [9.17, 15) is 4.79 Å². The van der Waals surface area contributed by atoms with E-state index < -0.39 is 0 Å². The molecule has 0 unspecified atom stereocenters. The molecule has 1 aliphatic rings. The van der Waals surface area contributed by atoms with Gasteiger partial charge in [0, 0.05) is 5.56 Å². The quantitative estimate of drug-likeness (QED) is 0.493. The van der Waals surface area contributed by atoms with Gasteiger partial charge in [-0.2, -0.15) is 0 Å². The van der Waals surface area contributed by atoms with Crippen LogP contribution in [0.2, 0.25) is 0 Å². The number of benzene rings is 1. The Kier molecular flexibility index (Phi) is 4.43. The average Bonchev–Trinajstić information content (AvgIpc) is 3.31. The van der Waals surface area contributed by atoms with E-state index in [0.717, 1.165) is 34.0 Å². The minimum atomic E-state index is 0.0873. The minimum absolute atomic E-state index is 0.0873. The van der Waals surface area contributed by atoms with Crippen LogP contribution in [0.25, 0.3) is 10.8 Å². The Morgan fingerprint density at radius 2 is 2.08 bits per heavy atom. The number of ketones is 1. The number of carbonyl (C=O) groups excluding carboxylic acids is 1. The van der Waals surface area contributed by atoms with Crippen molar-refractivity contribution < 1.29 is 9.21 Å². The van der Waals surface area contributed by atoms with Gasteiger partial charge >= 0.3 is 0 Å². The first kappa shape index (κ1) is 16.5. The molecule has 7 heteroatoms.